The van der Waals surface area contributed by atoms with Crippen LogP contribution in [0.3, 0.4) is 0 Å². The molecule has 2 aromatic carbocycles. The predicted molar refractivity (Wildman–Crippen MR) is 77.0 cm³/mol. The van der Waals surface area contributed by atoms with E-state index >= 15 is 0 Å². The summed E-state index contributed by atoms with van der Waals surface area (Å²) in [6, 6.07) is 11.0. The molecule has 2 rings (SSSR count). The van der Waals surface area contributed by atoms with Crippen molar-refractivity contribution in [2.45, 2.75) is 20.0 Å². The highest BCUT2D eigenvalue weighted by Gasteiger charge is 2.18. The van der Waals surface area contributed by atoms with Gasteiger partial charge in [-0.2, -0.15) is 0 Å². The Balaban J connectivity index is 2.13. The van der Waals surface area contributed by atoms with Gasteiger partial charge in [0.25, 0.3) is 0 Å². The average molecular weight is 293 g/mol. The van der Waals surface area contributed by atoms with E-state index in [9.17, 15) is 9.18 Å². The van der Waals surface area contributed by atoms with Crippen molar-refractivity contribution < 1.29 is 13.9 Å². The number of ether oxygens (including phenoxy) is 1. The Morgan fingerprint density at radius 1 is 1.20 bits per heavy atom. The Hall–Kier alpha value is -1.87. The molecule has 0 saturated heterocycles. The van der Waals surface area contributed by atoms with E-state index in [2.05, 4.69) is 0 Å². The maximum atomic E-state index is 12.9. The SMILES string of the molecule is Cc1ccc(C(=O)C(C)Oc2ccc(F)cc2Cl)cc1. The molecule has 0 aromatic heterocycles. The lowest BCUT2D eigenvalue weighted by atomic mass is 10.1. The Morgan fingerprint density at radius 2 is 1.85 bits per heavy atom. The zero-order valence-electron chi connectivity index (χ0n) is 11.2. The van der Waals surface area contributed by atoms with Gasteiger partial charge in [0.15, 0.2) is 6.10 Å². The summed E-state index contributed by atoms with van der Waals surface area (Å²) in [5.74, 6) is -0.300. The molecule has 104 valence electrons. The number of carbonyl (C=O) groups is 1. The van der Waals surface area contributed by atoms with Gasteiger partial charge in [-0.25, -0.2) is 4.39 Å². The first-order valence-electron chi connectivity index (χ1n) is 6.20. The van der Waals surface area contributed by atoms with Crippen LogP contribution in [-0.2, 0) is 0 Å². The zero-order valence-corrected chi connectivity index (χ0v) is 11.9. The van der Waals surface area contributed by atoms with E-state index in [4.69, 9.17) is 16.3 Å². The molecular weight excluding hydrogens is 279 g/mol. The van der Waals surface area contributed by atoms with Crippen LogP contribution in [0.2, 0.25) is 5.02 Å². The number of rotatable bonds is 4. The predicted octanol–water partition coefficient (Wildman–Crippen LogP) is 4.44. The van der Waals surface area contributed by atoms with Crippen molar-refractivity contribution in [3.63, 3.8) is 0 Å². The third kappa shape index (κ3) is 3.36. The number of halogens is 2. The Bertz CT molecular complexity index is 623. The maximum Gasteiger partial charge on any atom is 0.202 e. The van der Waals surface area contributed by atoms with Crippen LogP contribution in [0, 0.1) is 12.7 Å². The fourth-order valence-electron chi connectivity index (χ4n) is 1.77. The van der Waals surface area contributed by atoms with E-state index in [0.717, 1.165) is 11.6 Å². The molecule has 0 saturated carbocycles. The summed E-state index contributed by atoms with van der Waals surface area (Å²) in [5.41, 5.74) is 1.65. The average Bonchev–Trinajstić information content (AvgIpc) is 2.42. The minimum Gasteiger partial charge on any atom is -0.481 e. The number of carbonyl (C=O) groups excluding carboxylic acids is 1. The molecule has 0 spiro atoms. The Kier molecular flexibility index (Phi) is 4.40. The molecule has 1 atom stereocenters. The molecule has 0 amide bonds. The molecule has 0 heterocycles. The van der Waals surface area contributed by atoms with E-state index < -0.39 is 11.9 Å². The number of benzene rings is 2. The highest BCUT2D eigenvalue weighted by Crippen LogP contribution is 2.26. The van der Waals surface area contributed by atoms with Gasteiger partial charge in [-0.1, -0.05) is 41.4 Å². The van der Waals surface area contributed by atoms with Gasteiger partial charge < -0.3 is 4.74 Å². The largest absolute Gasteiger partial charge is 0.481 e. The van der Waals surface area contributed by atoms with Gasteiger partial charge in [0.2, 0.25) is 5.78 Å². The van der Waals surface area contributed by atoms with Gasteiger partial charge in [0.05, 0.1) is 5.02 Å². The lowest BCUT2D eigenvalue weighted by Gasteiger charge is -2.15. The number of Topliss-reactive ketones (excluding diaryl/α,β-unsaturated/α-hetero) is 1. The first-order valence-corrected chi connectivity index (χ1v) is 6.58. The van der Waals surface area contributed by atoms with E-state index in [1.165, 1.54) is 12.1 Å². The van der Waals surface area contributed by atoms with Gasteiger partial charge in [-0.15, -0.1) is 0 Å². The maximum absolute atomic E-state index is 12.9. The molecule has 0 radical (unpaired) electrons. The molecule has 20 heavy (non-hydrogen) atoms. The van der Waals surface area contributed by atoms with Gasteiger partial charge in [-0.3, -0.25) is 4.79 Å². The summed E-state index contributed by atoms with van der Waals surface area (Å²) in [7, 11) is 0. The van der Waals surface area contributed by atoms with Crippen LogP contribution in [0.1, 0.15) is 22.8 Å². The quantitative estimate of drug-likeness (QED) is 0.779. The van der Waals surface area contributed by atoms with E-state index in [-0.39, 0.29) is 10.8 Å². The van der Waals surface area contributed by atoms with Gasteiger partial charge >= 0.3 is 0 Å². The van der Waals surface area contributed by atoms with Gasteiger partial charge in [0.1, 0.15) is 11.6 Å². The molecule has 1 unspecified atom stereocenters. The fraction of sp³-hybridized carbons (Fsp3) is 0.188. The Morgan fingerprint density at radius 3 is 2.45 bits per heavy atom. The van der Waals surface area contributed by atoms with Gasteiger partial charge in [-0.05, 0) is 32.0 Å². The molecule has 0 aliphatic heterocycles. The smallest absolute Gasteiger partial charge is 0.202 e. The van der Waals surface area contributed by atoms with Crippen molar-refractivity contribution >= 4 is 17.4 Å². The first kappa shape index (κ1) is 14.5. The lowest BCUT2D eigenvalue weighted by Crippen LogP contribution is -2.24. The minimum absolute atomic E-state index is 0.147. The number of aryl methyl sites for hydroxylation is 1. The summed E-state index contributed by atoms with van der Waals surface area (Å²) in [5, 5.41) is 0.147. The Labute approximate surface area is 122 Å². The summed E-state index contributed by atoms with van der Waals surface area (Å²) >= 11 is 5.87. The molecule has 4 heteroatoms. The number of ketones is 1. The third-order valence-electron chi connectivity index (χ3n) is 2.90. The van der Waals surface area contributed by atoms with Crippen LogP contribution in [-0.4, -0.2) is 11.9 Å². The van der Waals surface area contributed by atoms with Crippen LogP contribution in [0.5, 0.6) is 5.75 Å². The van der Waals surface area contributed by atoms with Crippen LogP contribution in [0.25, 0.3) is 0 Å². The molecule has 0 aliphatic rings. The molecule has 2 nitrogen and oxygen atoms in total. The van der Waals surface area contributed by atoms with Crippen molar-refractivity contribution in [2.75, 3.05) is 0 Å². The van der Waals surface area contributed by atoms with Gasteiger partial charge in [0, 0.05) is 5.56 Å². The number of hydrogen-bond acceptors (Lipinski definition) is 2. The van der Waals surface area contributed by atoms with Crippen molar-refractivity contribution in [3.05, 3.63) is 64.4 Å². The molecule has 2 aromatic rings. The van der Waals surface area contributed by atoms with Crippen molar-refractivity contribution in [3.8, 4) is 5.75 Å². The second kappa shape index (κ2) is 6.06. The van der Waals surface area contributed by atoms with E-state index in [1.807, 2.05) is 19.1 Å². The summed E-state index contributed by atoms with van der Waals surface area (Å²) in [6.45, 7) is 3.59. The second-order valence-electron chi connectivity index (χ2n) is 4.57. The third-order valence-corrected chi connectivity index (χ3v) is 3.20. The lowest BCUT2D eigenvalue weighted by molar-refractivity contribution is 0.0818. The normalized spacial score (nSPS) is 12.0. The molecular formula is C16H14ClFO2. The van der Waals surface area contributed by atoms with Crippen molar-refractivity contribution in [1.29, 1.82) is 0 Å². The zero-order chi connectivity index (χ0) is 14.7. The van der Waals surface area contributed by atoms with E-state index in [0.29, 0.717) is 11.3 Å². The standard InChI is InChI=1S/C16H14ClFO2/c1-10-3-5-12(6-4-10)16(19)11(2)20-15-8-7-13(18)9-14(15)17/h3-9,11H,1-2H3. The summed E-state index contributed by atoms with van der Waals surface area (Å²) in [4.78, 5) is 12.2. The van der Waals surface area contributed by atoms with Crippen molar-refractivity contribution in [1.82, 2.24) is 0 Å². The van der Waals surface area contributed by atoms with Crippen LogP contribution >= 0.6 is 11.6 Å². The van der Waals surface area contributed by atoms with Crippen LogP contribution in [0.15, 0.2) is 42.5 Å². The topological polar surface area (TPSA) is 26.3 Å². The molecule has 0 N–H and O–H groups in total. The minimum atomic E-state index is -0.694. The highest BCUT2D eigenvalue weighted by atomic mass is 35.5. The monoisotopic (exact) mass is 292 g/mol. The highest BCUT2D eigenvalue weighted by molar-refractivity contribution is 6.32. The van der Waals surface area contributed by atoms with Crippen molar-refractivity contribution in [2.24, 2.45) is 0 Å². The van der Waals surface area contributed by atoms with Crippen LogP contribution < -0.4 is 4.74 Å². The second-order valence-corrected chi connectivity index (χ2v) is 4.97. The van der Waals surface area contributed by atoms with E-state index in [1.54, 1.807) is 19.1 Å². The summed E-state index contributed by atoms with van der Waals surface area (Å²) in [6.07, 6.45) is -0.694. The fourth-order valence-corrected chi connectivity index (χ4v) is 1.98. The molecule has 0 aliphatic carbocycles. The first-order chi connectivity index (χ1) is 9.47. The number of hydrogen-bond donors (Lipinski definition) is 0. The molecule has 0 bridgehead atoms. The molecule has 0 fully saturated rings. The summed E-state index contributed by atoms with van der Waals surface area (Å²) < 4.78 is 18.4. The van der Waals surface area contributed by atoms with Crippen LogP contribution in [0.4, 0.5) is 4.39 Å².